The maximum Gasteiger partial charge on any atom is 0.0564 e. The van der Waals surface area contributed by atoms with E-state index in [0.717, 1.165) is 32.5 Å². The average molecular weight is 190 g/mol. The van der Waals surface area contributed by atoms with E-state index in [4.69, 9.17) is 4.74 Å². The highest BCUT2D eigenvalue weighted by Gasteiger charge is 2.37. The molecule has 3 nitrogen and oxygen atoms in total. The van der Waals surface area contributed by atoms with Crippen molar-refractivity contribution in [2.24, 2.45) is 0 Å². The number of aromatic nitrogens is 1. The zero-order chi connectivity index (χ0) is 9.43. The molecule has 1 fully saturated rings. The fraction of sp³-hybridized carbons (Fsp3) is 0.545. The molecule has 0 atom stereocenters. The lowest BCUT2D eigenvalue weighted by molar-refractivity contribution is 0.0624. The zero-order valence-electron chi connectivity index (χ0n) is 8.12. The van der Waals surface area contributed by atoms with Crippen molar-refractivity contribution in [3.63, 3.8) is 0 Å². The fourth-order valence-corrected chi connectivity index (χ4v) is 2.45. The average Bonchev–Trinajstić information content (AvgIpc) is 2.56. The van der Waals surface area contributed by atoms with Gasteiger partial charge in [-0.1, -0.05) is 0 Å². The van der Waals surface area contributed by atoms with Crippen molar-refractivity contribution in [1.29, 1.82) is 0 Å². The Labute approximate surface area is 83.5 Å². The topological polar surface area (TPSA) is 34.2 Å². The van der Waals surface area contributed by atoms with Gasteiger partial charge >= 0.3 is 0 Å². The van der Waals surface area contributed by atoms with E-state index in [1.165, 1.54) is 11.3 Å². The van der Waals surface area contributed by atoms with Crippen LogP contribution in [0.2, 0.25) is 0 Å². The summed E-state index contributed by atoms with van der Waals surface area (Å²) in [5.74, 6) is 0. The number of hydrogen-bond acceptors (Lipinski definition) is 3. The number of nitrogens with zero attached hydrogens (tertiary/aromatic N) is 1. The first-order chi connectivity index (χ1) is 6.88. The second-order valence-corrected chi connectivity index (χ2v) is 4.23. The summed E-state index contributed by atoms with van der Waals surface area (Å²) in [5, 5.41) is 3.61. The monoisotopic (exact) mass is 190 g/mol. The van der Waals surface area contributed by atoms with E-state index in [1.54, 1.807) is 0 Å². The molecular weight excluding hydrogens is 176 g/mol. The molecule has 0 saturated carbocycles. The summed E-state index contributed by atoms with van der Waals surface area (Å²) >= 11 is 0. The van der Waals surface area contributed by atoms with Gasteiger partial charge in [-0.05, 0) is 30.9 Å². The molecule has 2 aliphatic heterocycles. The molecule has 1 spiro atoms. The minimum atomic E-state index is 0.267. The van der Waals surface area contributed by atoms with Crippen molar-refractivity contribution in [1.82, 2.24) is 4.98 Å². The standard InChI is InChI=1S/C11H14N2O/c1-4-12-8-10-9(1)7-11(13-10)2-5-14-6-3-11/h1,4,8,13H,2-3,5-7H2. The van der Waals surface area contributed by atoms with Gasteiger partial charge in [-0.25, -0.2) is 0 Å². The molecule has 74 valence electrons. The van der Waals surface area contributed by atoms with Crippen LogP contribution in [-0.2, 0) is 11.2 Å². The van der Waals surface area contributed by atoms with Crippen LogP contribution in [0.25, 0.3) is 0 Å². The van der Waals surface area contributed by atoms with Crippen molar-refractivity contribution in [2.45, 2.75) is 24.8 Å². The van der Waals surface area contributed by atoms with Crippen LogP contribution in [0.4, 0.5) is 5.69 Å². The first-order valence-electron chi connectivity index (χ1n) is 5.17. The molecule has 1 saturated heterocycles. The second-order valence-electron chi connectivity index (χ2n) is 4.23. The number of fused-ring (bicyclic) bond motifs is 1. The van der Waals surface area contributed by atoms with Crippen LogP contribution in [0, 0.1) is 0 Å². The van der Waals surface area contributed by atoms with E-state index in [2.05, 4.69) is 16.4 Å². The van der Waals surface area contributed by atoms with Gasteiger partial charge in [0.05, 0.1) is 11.9 Å². The normalized spacial score (nSPS) is 23.1. The molecule has 0 aliphatic carbocycles. The van der Waals surface area contributed by atoms with Crippen molar-refractivity contribution in [3.8, 4) is 0 Å². The third-order valence-electron chi connectivity index (χ3n) is 3.29. The van der Waals surface area contributed by atoms with E-state index >= 15 is 0 Å². The van der Waals surface area contributed by atoms with Gasteiger partial charge < -0.3 is 10.1 Å². The van der Waals surface area contributed by atoms with Crippen LogP contribution in [0.15, 0.2) is 18.5 Å². The Morgan fingerprint density at radius 1 is 1.36 bits per heavy atom. The number of ether oxygens (including phenoxy) is 1. The van der Waals surface area contributed by atoms with Crippen LogP contribution in [0.3, 0.4) is 0 Å². The lowest BCUT2D eigenvalue weighted by atomic mass is 9.87. The van der Waals surface area contributed by atoms with Gasteiger partial charge in [0.2, 0.25) is 0 Å². The number of anilines is 1. The van der Waals surface area contributed by atoms with Crippen molar-refractivity contribution >= 4 is 5.69 Å². The Morgan fingerprint density at radius 3 is 3.00 bits per heavy atom. The summed E-state index contributed by atoms with van der Waals surface area (Å²) in [6.07, 6.45) is 7.16. The van der Waals surface area contributed by atoms with Gasteiger partial charge in [0.1, 0.15) is 0 Å². The molecule has 1 aromatic rings. The smallest absolute Gasteiger partial charge is 0.0564 e. The fourth-order valence-electron chi connectivity index (χ4n) is 2.45. The summed E-state index contributed by atoms with van der Waals surface area (Å²) in [6, 6.07) is 2.12. The molecule has 14 heavy (non-hydrogen) atoms. The predicted octanol–water partition coefficient (Wildman–Crippen LogP) is 1.60. The lowest BCUT2D eigenvalue weighted by Crippen LogP contribution is -2.41. The largest absolute Gasteiger partial charge is 0.381 e. The molecule has 2 aliphatic rings. The molecule has 0 aromatic carbocycles. The quantitative estimate of drug-likeness (QED) is 0.674. The molecule has 0 bridgehead atoms. The summed E-state index contributed by atoms with van der Waals surface area (Å²) in [4.78, 5) is 4.14. The summed E-state index contributed by atoms with van der Waals surface area (Å²) in [5.41, 5.74) is 2.89. The Kier molecular flexibility index (Phi) is 1.74. The molecule has 3 heteroatoms. The highest BCUT2D eigenvalue weighted by molar-refractivity contribution is 5.57. The molecule has 0 unspecified atom stereocenters. The van der Waals surface area contributed by atoms with Gasteiger partial charge in [0, 0.05) is 24.9 Å². The van der Waals surface area contributed by atoms with Crippen molar-refractivity contribution in [3.05, 3.63) is 24.0 Å². The number of rotatable bonds is 0. The molecule has 1 aromatic heterocycles. The SMILES string of the molecule is c1cc2c(cn1)NC1(CCOCC1)C2. The Hall–Kier alpha value is -1.09. The van der Waals surface area contributed by atoms with E-state index in [9.17, 15) is 0 Å². The first-order valence-corrected chi connectivity index (χ1v) is 5.17. The highest BCUT2D eigenvalue weighted by atomic mass is 16.5. The van der Waals surface area contributed by atoms with Gasteiger partial charge in [-0.15, -0.1) is 0 Å². The van der Waals surface area contributed by atoms with Crippen LogP contribution < -0.4 is 5.32 Å². The van der Waals surface area contributed by atoms with Crippen molar-refractivity contribution in [2.75, 3.05) is 18.5 Å². The van der Waals surface area contributed by atoms with Crippen LogP contribution in [0.5, 0.6) is 0 Å². The van der Waals surface area contributed by atoms with Gasteiger partial charge in [0.15, 0.2) is 0 Å². The van der Waals surface area contributed by atoms with Crippen LogP contribution in [-0.4, -0.2) is 23.7 Å². The number of nitrogens with one attached hydrogen (secondary N) is 1. The maximum atomic E-state index is 5.40. The highest BCUT2D eigenvalue weighted by Crippen LogP contribution is 2.37. The number of pyridine rings is 1. The Morgan fingerprint density at radius 2 is 2.21 bits per heavy atom. The summed E-state index contributed by atoms with van der Waals surface area (Å²) < 4.78 is 5.40. The van der Waals surface area contributed by atoms with E-state index < -0.39 is 0 Å². The van der Waals surface area contributed by atoms with Crippen LogP contribution in [0.1, 0.15) is 18.4 Å². The van der Waals surface area contributed by atoms with Gasteiger partial charge in [-0.3, -0.25) is 4.98 Å². The molecule has 3 rings (SSSR count). The second kappa shape index (κ2) is 2.95. The minimum absolute atomic E-state index is 0.267. The minimum Gasteiger partial charge on any atom is -0.381 e. The molecule has 1 N–H and O–H groups in total. The van der Waals surface area contributed by atoms with Gasteiger partial charge in [-0.2, -0.15) is 0 Å². The summed E-state index contributed by atoms with van der Waals surface area (Å²) in [7, 11) is 0. The predicted molar refractivity (Wildman–Crippen MR) is 54.3 cm³/mol. The van der Waals surface area contributed by atoms with E-state index in [0.29, 0.717) is 0 Å². The lowest BCUT2D eigenvalue weighted by Gasteiger charge is -2.33. The molecule has 0 radical (unpaired) electrons. The first kappa shape index (κ1) is 8.24. The molecular formula is C11H14N2O. The van der Waals surface area contributed by atoms with E-state index in [1.807, 2.05) is 12.4 Å². The van der Waals surface area contributed by atoms with E-state index in [-0.39, 0.29) is 5.54 Å². The van der Waals surface area contributed by atoms with Gasteiger partial charge in [0.25, 0.3) is 0 Å². The molecule has 0 amide bonds. The third-order valence-corrected chi connectivity index (χ3v) is 3.29. The number of hydrogen-bond donors (Lipinski definition) is 1. The molecule has 3 heterocycles. The summed E-state index contributed by atoms with van der Waals surface area (Å²) in [6.45, 7) is 1.77. The van der Waals surface area contributed by atoms with Crippen LogP contribution >= 0.6 is 0 Å². The Bertz CT molecular complexity index is 318. The maximum absolute atomic E-state index is 5.40. The third kappa shape index (κ3) is 1.20. The zero-order valence-corrected chi connectivity index (χ0v) is 8.12. The van der Waals surface area contributed by atoms with Crippen molar-refractivity contribution < 1.29 is 4.74 Å². The Balaban J connectivity index is 1.89.